The molecule has 0 bridgehead atoms. The van der Waals surface area contributed by atoms with E-state index in [1.807, 2.05) is 4.90 Å². The molecule has 2 atom stereocenters. The summed E-state index contributed by atoms with van der Waals surface area (Å²) in [4.78, 5) is 17.3. The van der Waals surface area contributed by atoms with Gasteiger partial charge in [0.25, 0.3) is 5.91 Å². The summed E-state index contributed by atoms with van der Waals surface area (Å²) < 4.78 is 30.6. The number of methoxy groups -OCH3 is 1. The topological polar surface area (TPSA) is 70.2 Å². The first-order valence-corrected chi connectivity index (χ1v) is 10.7. The van der Waals surface area contributed by atoms with Crippen molar-refractivity contribution < 1.29 is 17.9 Å². The fraction of sp³-hybridized carbons (Fsp3) is 0.632. The van der Waals surface area contributed by atoms with Gasteiger partial charge in [-0.2, -0.15) is 0 Å². The summed E-state index contributed by atoms with van der Waals surface area (Å²) in [6.45, 7) is 7.28. The Morgan fingerprint density at radius 3 is 2.19 bits per heavy atom. The molecule has 152 valence electrons. The first-order chi connectivity index (χ1) is 12.7. The molecule has 1 aliphatic heterocycles. The van der Waals surface area contributed by atoms with Crippen molar-refractivity contribution in [2.24, 2.45) is 0 Å². The van der Waals surface area contributed by atoms with E-state index in [9.17, 15) is 13.2 Å². The molecule has 0 N–H and O–H groups in total. The van der Waals surface area contributed by atoms with Gasteiger partial charge in [-0.3, -0.25) is 9.69 Å². The Morgan fingerprint density at radius 2 is 1.70 bits per heavy atom. The van der Waals surface area contributed by atoms with E-state index >= 15 is 0 Å². The molecular formula is C19H31N3O4S. The molecule has 1 fully saturated rings. The number of carbonyl (C=O) groups excluding carboxylic acids is 1. The standard InChI is InChI=1S/C19H31N3O4S/c1-15-13-21(14-16(2)22(15)11-6-12-26-5)19(23)17-7-9-18(10-8-17)27(24,25)20(3)4/h7-10,15-16H,6,11-14H2,1-5H3. The molecule has 7 nitrogen and oxygen atoms in total. The van der Waals surface area contributed by atoms with Crippen molar-refractivity contribution in [1.82, 2.24) is 14.1 Å². The molecule has 1 aromatic rings. The van der Waals surface area contributed by atoms with Crippen LogP contribution in [-0.2, 0) is 14.8 Å². The van der Waals surface area contributed by atoms with Gasteiger partial charge in [-0.25, -0.2) is 12.7 Å². The van der Waals surface area contributed by atoms with Crippen LogP contribution in [0.1, 0.15) is 30.6 Å². The molecule has 2 rings (SSSR count). The third kappa shape index (κ3) is 5.07. The number of amides is 1. The first-order valence-electron chi connectivity index (χ1n) is 9.25. The number of piperazine rings is 1. The van der Waals surface area contributed by atoms with Crippen molar-refractivity contribution >= 4 is 15.9 Å². The SMILES string of the molecule is COCCCN1C(C)CN(C(=O)c2ccc(S(=O)(=O)N(C)C)cc2)CC1C. The number of sulfonamides is 1. The van der Waals surface area contributed by atoms with Gasteiger partial charge in [0, 0.05) is 65.1 Å². The molecule has 8 heteroatoms. The molecule has 1 heterocycles. The quantitative estimate of drug-likeness (QED) is 0.652. The van der Waals surface area contributed by atoms with Crippen LogP contribution in [0, 0.1) is 0 Å². The lowest BCUT2D eigenvalue weighted by Crippen LogP contribution is -2.58. The predicted molar refractivity (Wildman–Crippen MR) is 105 cm³/mol. The van der Waals surface area contributed by atoms with E-state index in [0.29, 0.717) is 18.7 Å². The van der Waals surface area contributed by atoms with Gasteiger partial charge < -0.3 is 9.64 Å². The van der Waals surface area contributed by atoms with Gasteiger partial charge in [-0.05, 0) is 44.5 Å². The van der Waals surface area contributed by atoms with Crippen LogP contribution < -0.4 is 0 Å². The van der Waals surface area contributed by atoms with Crippen LogP contribution in [0.4, 0.5) is 0 Å². The molecule has 1 aromatic carbocycles. The van der Waals surface area contributed by atoms with E-state index in [1.165, 1.54) is 26.2 Å². The second-order valence-corrected chi connectivity index (χ2v) is 9.46. The van der Waals surface area contributed by atoms with Crippen LogP contribution >= 0.6 is 0 Å². The second kappa shape index (κ2) is 9.14. The highest BCUT2D eigenvalue weighted by molar-refractivity contribution is 7.89. The largest absolute Gasteiger partial charge is 0.385 e. The third-order valence-electron chi connectivity index (χ3n) is 5.03. The van der Waals surface area contributed by atoms with Crippen LogP contribution in [0.25, 0.3) is 0 Å². The Balaban J connectivity index is 2.06. The van der Waals surface area contributed by atoms with Gasteiger partial charge >= 0.3 is 0 Å². The number of hydrogen-bond donors (Lipinski definition) is 0. The van der Waals surface area contributed by atoms with Gasteiger partial charge in [0.2, 0.25) is 10.0 Å². The summed E-state index contributed by atoms with van der Waals surface area (Å²) in [5.74, 6) is -0.0564. The molecule has 1 amide bonds. The molecule has 0 aromatic heterocycles. The summed E-state index contributed by atoms with van der Waals surface area (Å²) in [5.41, 5.74) is 0.514. The number of hydrogen-bond acceptors (Lipinski definition) is 5. The van der Waals surface area contributed by atoms with Gasteiger partial charge in [0.15, 0.2) is 0 Å². The Labute approximate surface area is 162 Å². The minimum Gasteiger partial charge on any atom is -0.385 e. The lowest BCUT2D eigenvalue weighted by Gasteiger charge is -2.44. The maximum Gasteiger partial charge on any atom is 0.253 e. The monoisotopic (exact) mass is 397 g/mol. The van der Waals surface area contributed by atoms with Crippen LogP contribution in [0.2, 0.25) is 0 Å². The fourth-order valence-electron chi connectivity index (χ4n) is 3.52. The van der Waals surface area contributed by atoms with Crippen LogP contribution in [0.5, 0.6) is 0 Å². The van der Waals surface area contributed by atoms with Crippen LogP contribution in [-0.4, -0.2) is 88.0 Å². The molecule has 1 aliphatic rings. The zero-order valence-corrected chi connectivity index (χ0v) is 17.7. The van der Waals surface area contributed by atoms with E-state index in [-0.39, 0.29) is 22.9 Å². The molecule has 2 unspecified atom stereocenters. The summed E-state index contributed by atoms with van der Waals surface area (Å²) in [6.07, 6.45) is 0.973. The average Bonchev–Trinajstić information content (AvgIpc) is 2.63. The molecule has 0 spiro atoms. The summed E-state index contributed by atoms with van der Waals surface area (Å²) in [7, 11) is 1.20. The Morgan fingerprint density at radius 1 is 1.15 bits per heavy atom. The van der Waals surface area contributed by atoms with Gasteiger partial charge in [-0.1, -0.05) is 0 Å². The summed E-state index contributed by atoms with van der Waals surface area (Å²) >= 11 is 0. The van der Waals surface area contributed by atoms with Crippen LogP contribution in [0.15, 0.2) is 29.2 Å². The number of nitrogens with zero attached hydrogens (tertiary/aromatic N) is 3. The molecule has 1 saturated heterocycles. The summed E-state index contributed by atoms with van der Waals surface area (Å²) in [6, 6.07) is 6.72. The molecule has 0 aliphatic carbocycles. The Bertz CT molecular complexity index is 722. The number of rotatable bonds is 7. The molecule has 0 saturated carbocycles. The first kappa shape index (κ1) is 21.8. The van der Waals surface area contributed by atoms with Crippen molar-refractivity contribution in [3.05, 3.63) is 29.8 Å². The number of ether oxygens (including phenoxy) is 1. The van der Waals surface area contributed by atoms with Crippen molar-refractivity contribution in [2.45, 2.75) is 37.2 Å². The highest BCUT2D eigenvalue weighted by Gasteiger charge is 2.32. The third-order valence-corrected chi connectivity index (χ3v) is 6.86. The van der Waals surface area contributed by atoms with Gasteiger partial charge in [-0.15, -0.1) is 0 Å². The molecule has 0 radical (unpaired) electrons. The van der Waals surface area contributed by atoms with E-state index in [2.05, 4.69) is 18.7 Å². The average molecular weight is 398 g/mol. The fourth-order valence-corrected chi connectivity index (χ4v) is 4.42. The highest BCUT2D eigenvalue weighted by atomic mass is 32.2. The van der Waals surface area contributed by atoms with Crippen LogP contribution in [0.3, 0.4) is 0 Å². The Kier molecular flexibility index (Phi) is 7.39. The van der Waals surface area contributed by atoms with E-state index < -0.39 is 10.0 Å². The minimum absolute atomic E-state index is 0.0564. The van der Waals surface area contributed by atoms with Crippen molar-refractivity contribution in [3.63, 3.8) is 0 Å². The zero-order valence-electron chi connectivity index (χ0n) is 16.9. The molecular weight excluding hydrogens is 366 g/mol. The number of benzene rings is 1. The van der Waals surface area contributed by atoms with Gasteiger partial charge in [0.05, 0.1) is 4.90 Å². The normalized spacial score (nSPS) is 21.6. The lowest BCUT2D eigenvalue weighted by atomic mass is 10.1. The minimum atomic E-state index is -3.49. The Hall–Kier alpha value is -1.48. The van der Waals surface area contributed by atoms with Crippen molar-refractivity contribution in [3.8, 4) is 0 Å². The maximum absolute atomic E-state index is 12.9. The summed E-state index contributed by atoms with van der Waals surface area (Å²) in [5, 5.41) is 0. The maximum atomic E-state index is 12.9. The predicted octanol–water partition coefficient (Wildman–Crippen LogP) is 1.51. The number of carbonyl (C=O) groups is 1. The van der Waals surface area contributed by atoms with Gasteiger partial charge in [0.1, 0.15) is 0 Å². The van der Waals surface area contributed by atoms with E-state index in [0.717, 1.165) is 23.9 Å². The second-order valence-electron chi connectivity index (χ2n) is 7.30. The van der Waals surface area contributed by atoms with E-state index in [4.69, 9.17) is 4.74 Å². The van der Waals surface area contributed by atoms with Crippen molar-refractivity contribution in [2.75, 3.05) is 47.4 Å². The lowest BCUT2D eigenvalue weighted by molar-refractivity contribution is 0.0270. The smallest absolute Gasteiger partial charge is 0.253 e. The van der Waals surface area contributed by atoms with Crippen molar-refractivity contribution in [1.29, 1.82) is 0 Å². The van der Waals surface area contributed by atoms with E-state index in [1.54, 1.807) is 19.2 Å². The molecule has 27 heavy (non-hydrogen) atoms. The highest BCUT2D eigenvalue weighted by Crippen LogP contribution is 2.20. The zero-order chi connectivity index (χ0) is 20.2.